The largest absolute Gasteiger partial charge is 0.353 e. The van der Waals surface area contributed by atoms with E-state index in [4.69, 9.17) is 0 Å². The molecular formula is C16H22N2O2S. The van der Waals surface area contributed by atoms with E-state index in [0.717, 1.165) is 12.8 Å². The highest BCUT2D eigenvalue weighted by Gasteiger charge is 2.36. The molecule has 0 bridgehead atoms. The molecule has 2 heterocycles. The first-order chi connectivity index (χ1) is 10.2. The van der Waals surface area contributed by atoms with Crippen molar-refractivity contribution in [1.82, 2.24) is 10.6 Å². The van der Waals surface area contributed by atoms with Crippen molar-refractivity contribution in [3.8, 4) is 0 Å². The van der Waals surface area contributed by atoms with Gasteiger partial charge in [-0.2, -0.15) is 0 Å². The SMILES string of the molecule is O=C1CC[C@H](C(=O)NCC2(c3cccs3)CCCCC2)N1. The van der Waals surface area contributed by atoms with Gasteiger partial charge in [-0.1, -0.05) is 25.3 Å². The highest BCUT2D eigenvalue weighted by atomic mass is 32.1. The lowest BCUT2D eigenvalue weighted by molar-refractivity contribution is -0.126. The zero-order valence-corrected chi connectivity index (χ0v) is 13.0. The molecular weight excluding hydrogens is 284 g/mol. The third-order valence-electron chi connectivity index (χ3n) is 4.77. The number of carbonyl (C=O) groups is 2. The first-order valence-electron chi connectivity index (χ1n) is 7.81. The van der Waals surface area contributed by atoms with Crippen molar-refractivity contribution >= 4 is 23.2 Å². The molecule has 1 aliphatic heterocycles. The number of carbonyl (C=O) groups excluding carboxylic acids is 2. The van der Waals surface area contributed by atoms with Crippen LogP contribution in [0.5, 0.6) is 0 Å². The Morgan fingerprint density at radius 2 is 2.19 bits per heavy atom. The molecule has 1 saturated carbocycles. The Morgan fingerprint density at radius 1 is 1.38 bits per heavy atom. The van der Waals surface area contributed by atoms with Crippen molar-refractivity contribution in [1.29, 1.82) is 0 Å². The van der Waals surface area contributed by atoms with E-state index < -0.39 is 0 Å². The fourth-order valence-corrected chi connectivity index (χ4v) is 4.50. The van der Waals surface area contributed by atoms with Gasteiger partial charge in [0.05, 0.1) is 0 Å². The number of thiophene rings is 1. The van der Waals surface area contributed by atoms with Crippen LogP contribution in [-0.4, -0.2) is 24.4 Å². The lowest BCUT2D eigenvalue weighted by atomic mass is 9.73. The van der Waals surface area contributed by atoms with Crippen molar-refractivity contribution in [2.75, 3.05) is 6.54 Å². The fraction of sp³-hybridized carbons (Fsp3) is 0.625. The predicted octanol–water partition coefficient (Wildman–Crippen LogP) is 2.34. The van der Waals surface area contributed by atoms with E-state index in [2.05, 4.69) is 28.1 Å². The van der Waals surface area contributed by atoms with E-state index in [1.165, 1.54) is 24.1 Å². The van der Waals surface area contributed by atoms with Crippen molar-refractivity contribution < 1.29 is 9.59 Å². The molecule has 114 valence electrons. The standard InChI is InChI=1S/C16H22N2O2S/c19-14-7-6-12(18-14)15(20)17-11-16(8-2-1-3-9-16)13-5-4-10-21-13/h4-5,10,12H,1-3,6-9,11H2,(H,17,20)(H,18,19)/t12-/m1/s1. The summed E-state index contributed by atoms with van der Waals surface area (Å²) < 4.78 is 0. The van der Waals surface area contributed by atoms with Gasteiger partial charge >= 0.3 is 0 Å². The van der Waals surface area contributed by atoms with Crippen molar-refractivity contribution in [3.05, 3.63) is 22.4 Å². The molecule has 5 heteroatoms. The summed E-state index contributed by atoms with van der Waals surface area (Å²) in [6.07, 6.45) is 7.13. The van der Waals surface area contributed by atoms with Crippen molar-refractivity contribution in [2.24, 2.45) is 0 Å². The molecule has 1 atom stereocenters. The third kappa shape index (κ3) is 3.12. The average Bonchev–Trinajstić information content (AvgIpc) is 3.17. The van der Waals surface area contributed by atoms with Gasteiger partial charge in [-0.25, -0.2) is 0 Å². The average molecular weight is 306 g/mol. The smallest absolute Gasteiger partial charge is 0.242 e. The van der Waals surface area contributed by atoms with Gasteiger partial charge in [-0.3, -0.25) is 9.59 Å². The van der Waals surface area contributed by atoms with Crippen LogP contribution in [0.1, 0.15) is 49.8 Å². The maximum atomic E-state index is 12.2. The molecule has 1 aromatic rings. The Morgan fingerprint density at radius 3 is 2.81 bits per heavy atom. The molecule has 1 aliphatic carbocycles. The van der Waals surface area contributed by atoms with E-state index in [1.54, 1.807) is 11.3 Å². The van der Waals surface area contributed by atoms with Crippen molar-refractivity contribution in [2.45, 2.75) is 56.4 Å². The molecule has 0 unspecified atom stereocenters. The third-order valence-corrected chi connectivity index (χ3v) is 5.88. The molecule has 3 rings (SSSR count). The maximum absolute atomic E-state index is 12.2. The Hall–Kier alpha value is -1.36. The summed E-state index contributed by atoms with van der Waals surface area (Å²) in [4.78, 5) is 24.8. The van der Waals surface area contributed by atoms with Crippen LogP contribution >= 0.6 is 11.3 Å². The molecule has 1 saturated heterocycles. The van der Waals surface area contributed by atoms with E-state index in [-0.39, 0.29) is 23.3 Å². The van der Waals surface area contributed by atoms with Crippen LogP contribution in [-0.2, 0) is 15.0 Å². The van der Waals surface area contributed by atoms with Crippen LogP contribution in [0.4, 0.5) is 0 Å². The zero-order valence-electron chi connectivity index (χ0n) is 12.2. The molecule has 1 aromatic heterocycles. The van der Waals surface area contributed by atoms with E-state index in [0.29, 0.717) is 19.4 Å². The number of nitrogens with one attached hydrogen (secondary N) is 2. The minimum atomic E-state index is -0.332. The molecule has 0 radical (unpaired) electrons. The predicted molar refractivity (Wildman–Crippen MR) is 83.3 cm³/mol. The highest BCUT2D eigenvalue weighted by Crippen LogP contribution is 2.41. The van der Waals surface area contributed by atoms with Crippen molar-refractivity contribution in [3.63, 3.8) is 0 Å². The van der Waals surface area contributed by atoms with Gasteiger partial charge in [0.25, 0.3) is 0 Å². The van der Waals surface area contributed by atoms with Crippen LogP contribution in [0.2, 0.25) is 0 Å². The minimum absolute atomic E-state index is 0.0132. The Balaban J connectivity index is 1.65. The van der Waals surface area contributed by atoms with Gasteiger partial charge in [0.2, 0.25) is 11.8 Å². The maximum Gasteiger partial charge on any atom is 0.242 e. The molecule has 2 amide bonds. The quantitative estimate of drug-likeness (QED) is 0.897. The highest BCUT2D eigenvalue weighted by molar-refractivity contribution is 7.10. The van der Waals surface area contributed by atoms with Crippen LogP contribution in [0, 0.1) is 0 Å². The van der Waals surface area contributed by atoms with Crippen LogP contribution in [0.25, 0.3) is 0 Å². The number of hydrogen-bond acceptors (Lipinski definition) is 3. The fourth-order valence-electron chi connectivity index (χ4n) is 3.51. The summed E-state index contributed by atoms with van der Waals surface area (Å²) >= 11 is 1.79. The summed E-state index contributed by atoms with van der Waals surface area (Å²) in [7, 11) is 0. The van der Waals surface area contributed by atoms with Crippen LogP contribution < -0.4 is 10.6 Å². The Labute approximate surface area is 129 Å². The van der Waals surface area contributed by atoms with E-state index in [1.807, 2.05) is 0 Å². The lowest BCUT2D eigenvalue weighted by Crippen LogP contribution is -2.47. The van der Waals surface area contributed by atoms with Gasteiger partial charge in [-0.15, -0.1) is 11.3 Å². The monoisotopic (exact) mass is 306 g/mol. The molecule has 4 nitrogen and oxygen atoms in total. The van der Waals surface area contributed by atoms with Gasteiger partial charge in [-0.05, 0) is 30.7 Å². The number of amides is 2. The summed E-state index contributed by atoms with van der Waals surface area (Å²) in [6.45, 7) is 0.693. The summed E-state index contributed by atoms with van der Waals surface area (Å²) in [5.41, 5.74) is 0.102. The second-order valence-corrected chi connectivity index (χ2v) is 7.14. The molecule has 21 heavy (non-hydrogen) atoms. The molecule has 2 N–H and O–H groups in total. The van der Waals surface area contributed by atoms with Gasteiger partial charge in [0.15, 0.2) is 0 Å². The first kappa shape index (κ1) is 14.6. The Kier molecular flexibility index (Phi) is 4.29. The molecule has 0 spiro atoms. The Bertz CT molecular complexity index is 506. The first-order valence-corrected chi connectivity index (χ1v) is 8.69. The second-order valence-electron chi connectivity index (χ2n) is 6.19. The number of hydrogen-bond donors (Lipinski definition) is 2. The van der Waals surface area contributed by atoms with E-state index in [9.17, 15) is 9.59 Å². The molecule has 2 aliphatic rings. The van der Waals surface area contributed by atoms with E-state index >= 15 is 0 Å². The topological polar surface area (TPSA) is 58.2 Å². The van der Waals surface area contributed by atoms with Gasteiger partial charge in [0.1, 0.15) is 6.04 Å². The second kappa shape index (κ2) is 6.18. The lowest BCUT2D eigenvalue weighted by Gasteiger charge is -2.37. The number of rotatable bonds is 4. The van der Waals surface area contributed by atoms with Crippen LogP contribution in [0.15, 0.2) is 17.5 Å². The molecule has 2 fully saturated rings. The zero-order chi connectivity index (χ0) is 14.7. The summed E-state index contributed by atoms with van der Waals surface area (Å²) in [6, 6.07) is 3.95. The summed E-state index contributed by atoms with van der Waals surface area (Å²) in [5, 5.41) is 7.95. The molecule has 0 aromatic carbocycles. The minimum Gasteiger partial charge on any atom is -0.353 e. The van der Waals surface area contributed by atoms with Gasteiger partial charge in [0, 0.05) is 23.3 Å². The normalized spacial score (nSPS) is 24.6. The van der Waals surface area contributed by atoms with Gasteiger partial charge < -0.3 is 10.6 Å². The summed E-state index contributed by atoms with van der Waals surface area (Å²) in [5.74, 6) is -0.0388. The van der Waals surface area contributed by atoms with Crippen LogP contribution in [0.3, 0.4) is 0 Å².